The Morgan fingerprint density at radius 2 is 0.656 bits per heavy atom. The van der Waals surface area contributed by atoms with Crippen LogP contribution in [0.3, 0.4) is 0 Å². The van der Waals surface area contributed by atoms with E-state index in [4.69, 9.17) is 5.11 Å². The normalized spacial score (nSPS) is 16.5. The van der Waals surface area contributed by atoms with Crippen LogP contribution < -0.4 is 0 Å². The van der Waals surface area contributed by atoms with Crippen molar-refractivity contribution in [2.24, 2.45) is 0 Å². The summed E-state index contributed by atoms with van der Waals surface area (Å²) in [6.45, 7) is -3.87. The third kappa shape index (κ3) is 3.81. The zero-order valence-corrected chi connectivity index (χ0v) is 14.0. The minimum atomic E-state index is -8.96. The monoisotopic (exact) mass is 530 g/mol. The Morgan fingerprint density at radius 1 is 0.406 bits per heavy atom. The van der Waals surface area contributed by atoms with Gasteiger partial charge in [-0.25, -0.2) is 0 Å². The molecule has 32 heavy (non-hydrogen) atoms. The van der Waals surface area contributed by atoms with Crippen LogP contribution in [0.25, 0.3) is 0 Å². The highest BCUT2D eigenvalue weighted by molar-refractivity contribution is 5.16. The van der Waals surface area contributed by atoms with Crippen molar-refractivity contribution in [3.63, 3.8) is 0 Å². The molecule has 0 rings (SSSR count). The lowest BCUT2D eigenvalue weighted by Crippen LogP contribution is -2.76. The van der Waals surface area contributed by atoms with Gasteiger partial charge in [-0.1, -0.05) is 0 Å². The van der Waals surface area contributed by atoms with Gasteiger partial charge in [-0.3, -0.25) is 0 Å². The van der Waals surface area contributed by atoms with E-state index in [0.29, 0.717) is 0 Å². The summed E-state index contributed by atoms with van der Waals surface area (Å²) in [7, 11) is 0. The van der Waals surface area contributed by atoms with Crippen molar-refractivity contribution in [1.82, 2.24) is 0 Å². The fraction of sp³-hybridized carbons (Fsp3) is 1.00. The average molecular weight is 530 g/mol. The van der Waals surface area contributed by atoms with Crippen molar-refractivity contribution in [3.8, 4) is 0 Å². The summed E-state index contributed by atoms with van der Waals surface area (Å²) in [5, 5.41) is 8.02. The van der Waals surface area contributed by atoms with Crippen molar-refractivity contribution >= 4 is 0 Å². The minimum Gasteiger partial charge on any atom is -0.394 e. The standard InChI is InChI=1S/C11H5F19O2/c12-3(13,4(14,15)6(18,19)8(22,23)10(26,27)28)5(16,17)7(20,21)9(24,25)11(29,30)32-2-1-31/h31H,1-2H2. The van der Waals surface area contributed by atoms with E-state index in [2.05, 4.69) is 4.74 Å². The number of halogens is 19. The summed E-state index contributed by atoms with van der Waals surface area (Å²) >= 11 is 0. The van der Waals surface area contributed by atoms with Gasteiger partial charge < -0.3 is 9.84 Å². The summed E-state index contributed by atoms with van der Waals surface area (Å²) in [5.41, 5.74) is 0. The molecule has 0 atom stereocenters. The molecule has 0 aromatic rings. The Hall–Kier alpha value is -1.41. The first-order valence-electron chi connectivity index (χ1n) is 6.90. The molecule has 0 fully saturated rings. The van der Waals surface area contributed by atoms with Crippen molar-refractivity contribution in [2.45, 2.75) is 53.7 Å². The van der Waals surface area contributed by atoms with E-state index < -0.39 is 67.0 Å². The van der Waals surface area contributed by atoms with E-state index >= 15 is 0 Å². The van der Waals surface area contributed by atoms with Crippen LogP contribution in [0.5, 0.6) is 0 Å². The highest BCUT2D eigenvalue weighted by atomic mass is 19.4. The molecule has 1 N–H and O–H groups in total. The number of aliphatic hydroxyl groups is 1. The van der Waals surface area contributed by atoms with E-state index in [9.17, 15) is 83.4 Å². The van der Waals surface area contributed by atoms with Crippen LogP contribution in [0.4, 0.5) is 83.4 Å². The second-order valence-electron chi connectivity index (χ2n) is 5.61. The predicted molar refractivity (Wildman–Crippen MR) is 58.7 cm³/mol. The van der Waals surface area contributed by atoms with Gasteiger partial charge in [-0.05, 0) is 0 Å². The molecular formula is C11H5F19O2. The molecule has 0 aliphatic carbocycles. The molecule has 0 aliphatic rings. The maximum atomic E-state index is 13.3. The molecule has 0 spiro atoms. The third-order valence-electron chi connectivity index (χ3n) is 3.46. The molecule has 0 bridgehead atoms. The van der Waals surface area contributed by atoms with E-state index in [1.807, 2.05) is 0 Å². The zero-order chi connectivity index (χ0) is 26.6. The largest absolute Gasteiger partial charge is 0.460 e. The predicted octanol–water partition coefficient (Wildman–Crippen LogP) is 5.60. The van der Waals surface area contributed by atoms with Crippen LogP contribution in [0, 0.1) is 0 Å². The van der Waals surface area contributed by atoms with Crippen molar-refractivity contribution in [3.05, 3.63) is 0 Å². The lowest BCUT2D eigenvalue weighted by atomic mass is 9.88. The number of hydrogen-bond donors (Lipinski definition) is 1. The fourth-order valence-electron chi connectivity index (χ4n) is 1.61. The SMILES string of the molecule is OCCOC(F)(F)C(F)(F)C(F)(F)C(F)(F)C(F)(F)C(F)(F)C(F)(F)C(F)(F)C(F)(F)F. The van der Waals surface area contributed by atoms with Gasteiger partial charge in [0.25, 0.3) is 0 Å². The van der Waals surface area contributed by atoms with Crippen LogP contribution in [0.15, 0.2) is 0 Å². The summed E-state index contributed by atoms with van der Waals surface area (Å²) < 4.78 is 247. The average Bonchev–Trinajstić information content (AvgIpc) is 2.57. The highest BCUT2D eigenvalue weighted by Crippen LogP contribution is 2.65. The Labute approximate surface area is 161 Å². The van der Waals surface area contributed by atoms with E-state index in [1.54, 1.807) is 0 Å². The van der Waals surface area contributed by atoms with Crippen LogP contribution in [-0.2, 0) is 4.74 Å². The maximum absolute atomic E-state index is 13.3. The maximum Gasteiger partial charge on any atom is 0.460 e. The molecule has 0 unspecified atom stereocenters. The third-order valence-corrected chi connectivity index (χ3v) is 3.46. The molecule has 0 radical (unpaired) electrons. The van der Waals surface area contributed by atoms with Crippen LogP contribution in [-0.4, -0.2) is 72.1 Å². The molecule has 0 amide bonds. The van der Waals surface area contributed by atoms with Crippen LogP contribution in [0.1, 0.15) is 0 Å². The molecule has 0 heterocycles. The molecule has 0 saturated carbocycles. The molecule has 0 aromatic carbocycles. The molecule has 194 valence electrons. The Balaban J connectivity index is 6.79. The Kier molecular flexibility index (Phi) is 7.48. The van der Waals surface area contributed by atoms with E-state index in [0.717, 1.165) is 0 Å². The van der Waals surface area contributed by atoms with Crippen LogP contribution >= 0.6 is 0 Å². The second kappa shape index (κ2) is 7.83. The number of hydrogen-bond acceptors (Lipinski definition) is 2. The Bertz CT molecular complexity index is 663. The van der Waals surface area contributed by atoms with Gasteiger partial charge >= 0.3 is 53.7 Å². The lowest BCUT2D eigenvalue weighted by molar-refractivity contribution is -0.481. The van der Waals surface area contributed by atoms with Crippen molar-refractivity contribution in [1.29, 1.82) is 0 Å². The quantitative estimate of drug-likeness (QED) is 0.373. The smallest absolute Gasteiger partial charge is 0.394 e. The van der Waals surface area contributed by atoms with Gasteiger partial charge in [0.1, 0.15) is 0 Å². The van der Waals surface area contributed by atoms with E-state index in [1.165, 1.54) is 0 Å². The van der Waals surface area contributed by atoms with Gasteiger partial charge in [0.2, 0.25) is 0 Å². The first-order chi connectivity index (χ1) is 13.6. The minimum absolute atomic E-state index is 1.75. The van der Waals surface area contributed by atoms with Gasteiger partial charge in [0.15, 0.2) is 0 Å². The first kappa shape index (κ1) is 30.6. The summed E-state index contributed by atoms with van der Waals surface area (Å²) in [4.78, 5) is 0. The van der Waals surface area contributed by atoms with Crippen molar-refractivity contribution < 1.29 is 93.3 Å². The topological polar surface area (TPSA) is 29.5 Å². The Morgan fingerprint density at radius 3 is 0.906 bits per heavy atom. The fourth-order valence-corrected chi connectivity index (χ4v) is 1.61. The number of ether oxygens (including phenoxy) is 1. The van der Waals surface area contributed by atoms with Crippen LogP contribution in [0.2, 0.25) is 0 Å². The molecule has 0 saturated heterocycles. The molecule has 0 aromatic heterocycles. The first-order valence-corrected chi connectivity index (χ1v) is 6.90. The molecule has 21 heteroatoms. The summed E-state index contributed by atoms with van der Waals surface area (Å²) in [6, 6.07) is 0. The highest BCUT2D eigenvalue weighted by Gasteiger charge is 2.96. The molecular weight excluding hydrogens is 525 g/mol. The van der Waals surface area contributed by atoms with E-state index in [-0.39, 0.29) is 0 Å². The lowest BCUT2D eigenvalue weighted by Gasteiger charge is -2.43. The number of aliphatic hydroxyl groups excluding tert-OH is 1. The van der Waals surface area contributed by atoms with Gasteiger partial charge in [0, 0.05) is 0 Å². The summed E-state index contributed by atoms with van der Waals surface area (Å²) in [6.07, 6.45) is -14.9. The number of alkyl halides is 19. The number of rotatable bonds is 10. The van der Waals surface area contributed by atoms with Crippen molar-refractivity contribution in [2.75, 3.05) is 13.2 Å². The van der Waals surface area contributed by atoms with Gasteiger partial charge in [0.05, 0.1) is 13.2 Å². The molecule has 0 aliphatic heterocycles. The zero-order valence-electron chi connectivity index (χ0n) is 14.0. The van der Waals surface area contributed by atoms with Gasteiger partial charge in [-0.15, -0.1) is 0 Å². The summed E-state index contributed by atoms with van der Waals surface area (Å²) in [5.74, 6) is -60.4. The van der Waals surface area contributed by atoms with Gasteiger partial charge in [-0.2, -0.15) is 83.4 Å². The second-order valence-corrected chi connectivity index (χ2v) is 5.61. The molecule has 2 nitrogen and oxygen atoms in total.